The molecule has 3 aromatic carbocycles. The van der Waals surface area contributed by atoms with Crippen LogP contribution in [0.4, 0.5) is 5.69 Å². The Hall–Kier alpha value is -4.07. The van der Waals surface area contributed by atoms with Crippen LogP contribution in [0.15, 0.2) is 84.0 Å². The largest absolute Gasteiger partial charge is 0.489 e. The molecule has 0 saturated heterocycles. The summed E-state index contributed by atoms with van der Waals surface area (Å²) in [5.74, 6) is -1.09. The van der Waals surface area contributed by atoms with E-state index >= 15 is 0 Å². The van der Waals surface area contributed by atoms with Crippen LogP contribution in [0.1, 0.15) is 22.5 Å². The number of amides is 2. The molecule has 1 heterocycles. The third-order valence-corrected chi connectivity index (χ3v) is 6.11. The first-order valence-electron chi connectivity index (χ1n) is 11.4. The number of carbonyl (C=O) groups excluding carboxylic acids is 2. The van der Waals surface area contributed by atoms with Gasteiger partial charge in [0.1, 0.15) is 12.4 Å². The number of nitrogens with one attached hydrogen (secondary N) is 2. The van der Waals surface area contributed by atoms with Crippen LogP contribution in [-0.2, 0) is 16.2 Å². The van der Waals surface area contributed by atoms with E-state index in [9.17, 15) is 9.59 Å². The van der Waals surface area contributed by atoms with Gasteiger partial charge in [0.2, 0.25) is 0 Å². The minimum Gasteiger partial charge on any atom is -0.489 e. The monoisotopic (exact) mass is 534 g/mol. The van der Waals surface area contributed by atoms with Crippen molar-refractivity contribution >= 4 is 46.9 Å². The lowest BCUT2D eigenvalue weighted by Crippen LogP contribution is -2.32. The summed E-state index contributed by atoms with van der Waals surface area (Å²) in [6, 6.07) is 23.7. The van der Waals surface area contributed by atoms with Gasteiger partial charge in [-0.2, -0.15) is 5.10 Å². The number of halogens is 2. The summed E-state index contributed by atoms with van der Waals surface area (Å²) < 4.78 is 7.67. The molecule has 2 N–H and O–H groups in total. The molecular weight excluding hydrogens is 511 g/mol. The summed E-state index contributed by atoms with van der Waals surface area (Å²) in [6.07, 6.45) is 1.47. The van der Waals surface area contributed by atoms with Crippen LogP contribution < -0.4 is 15.5 Å². The molecule has 0 aliphatic rings. The van der Waals surface area contributed by atoms with Crippen LogP contribution in [-0.4, -0.2) is 22.6 Å². The van der Waals surface area contributed by atoms with E-state index in [0.29, 0.717) is 28.1 Å². The molecule has 0 fully saturated rings. The van der Waals surface area contributed by atoms with Gasteiger partial charge < -0.3 is 14.6 Å². The van der Waals surface area contributed by atoms with E-state index in [1.807, 2.05) is 54.8 Å². The summed E-state index contributed by atoms with van der Waals surface area (Å²) in [5.41, 5.74) is 7.00. The number of hydrogen-bond donors (Lipinski definition) is 2. The third-order valence-electron chi connectivity index (χ3n) is 5.56. The first-order chi connectivity index (χ1) is 17.8. The summed E-state index contributed by atoms with van der Waals surface area (Å²) in [7, 11) is 0. The number of anilines is 1. The van der Waals surface area contributed by atoms with Crippen molar-refractivity contribution < 1.29 is 14.3 Å². The quantitative estimate of drug-likeness (QED) is 0.171. The molecule has 0 saturated carbocycles. The summed E-state index contributed by atoms with van der Waals surface area (Å²) in [6.45, 7) is 4.25. The maximum atomic E-state index is 12.3. The predicted octanol–water partition coefficient (Wildman–Crippen LogP) is 6.07. The van der Waals surface area contributed by atoms with Crippen LogP contribution in [0.2, 0.25) is 10.0 Å². The molecule has 0 spiro atoms. The van der Waals surface area contributed by atoms with E-state index in [4.69, 9.17) is 27.9 Å². The Bertz CT molecular complexity index is 1450. The Kier molecular flexibility index (Phi) is 8.28. The third kappa shape index (κ3) is 6.58. The van der Waals surface area contributed by atoms with Gasteiger partial charge in [-0.1, -0.05) is 53.5 Å². The lowest BCUT2D eigenvalue weighted by atomic mass is 10.2. The number of hydrogen-bond acceptors (Lipinski definition) is 4. The van der Waals surface area contributed by atoms with Crippen molar-refractivity contribution in [1.82, 2.24) is 9.99 Å². The second-order valence-corrected chi connectivity index (χ2v) is 9.05. The van der Waals surface area contributed by atoms with E-state index in [2.05, 4.69) is 15.8 Å². The minimum atomic E-state index is -0.896. The molecule has 7 nitrogen and oxygen atoms in total. The van der Waals surface area contributed by atoms with Crippen LogP contribution in [0.25, 0.3) is 5.69 Å². The van der Waals surface area contributed by atoms with E-state index in [1.54, 1.807) is 42.5 Å². The molecule has 188 valence electrons. The average Bonchev–Trinajstić information content (AvgIpc) is 3.18. The van der Waals surface area contributed by atoms with Gasteiger partial charge in [-0.15, -0.1) is 0 Å². The topological polar surface area (TPSA) is 84.7 Å². The molecule has 2 amide bonds. The van der Waals surface area contributed by atoms with E-state index in [1.165, 1.54) is 6.21 Å². The molecule has 4 aromatic rings. The van der Waals surface area contributed by atoms with E-state index in [-0.39, 0.29) is 0 Å². The molecule has 4 rings (SSSR count). The van der Waals surface area contributed by atoms with Crippen molar-refractivity contribution in [3.63, 3.8) is 0 Å². The van der Waals surface area contributed by atoms with E-state index in [0.717, 1.165) is 28.2 Å². The summed E-state index contributed by atoms with van der Waals surface area (Å²) in [4.78, 5) is 24.5. The molecule has 0 radical (unpaired) electrons. The van der Waals surface area contributed by atoms with Crippen molar-refractivity contribution in [2.45, 2.75) is 20.5 Å². The lowest BCUT2D eigenvalue weighted by Gasteiger charge is -2.12. The first-order valence-corrected chi connectivity index (χ1v) is 12.1. The molecule has 0 aliphatic carbocycles. The highest BCUT2D eigenvalue weighted by Crippen LogP contribution is 2.28. The van der Waals surface area contributed by atoms with Gasteiger partial charge in [-0.05, 0) is 67.9 Å². The number of benzene rings is 3. The predicted molar refractivity (Wildman–Crippen MR) is 147 cm³/mol. The average molecular weight is 535 g/mol. The zero-order valence-corrected chi connectivity index (χ0v) is 21.7. The van der Waals surface area contributed by atoms with Gasteiger partial charge in [-0.25, -0.2) is 5.43 Å². The molecule has 0 bridgehead atoms. The second-order valence-electron chi connectivity index (χ2n) is 8.21. The fourth-order valence-corrected chi connectivity index (χ4v) is 4.09. The Morgan fingerprint density at radius 3 is 2.41 bits per heavy atom. The van der Waals surface area contributed by atoms with E-state index < -0.39 is 11.8 Å². The summed E-state index contributed by atoms with van der Waals surface area (Å²) >= 11 is 12.5. The Morgan fingerprint density at radius 1 is 0.946 bits per heavy atom. The standard InChI is InChI=1S/C28H24Cl2N4O3/c1-18-14-21(19(2)34(18)26-15-22(29)8-13-25(26)30)16-31-33-28(36)27(35)32-23-9-11-24(12-10-23)37-17-20-6-4-3-5-7-20/h3-16H,17H2,1-2H3,(H,32,35)(H,33,36)/b31-16-. The number of nitrogens with zero attached hydrogens (tertiary/aromatic N) is 2. The number of ether oxygens (including phenoxy) is 1. The number of aromatic nitrogens is 1. The molecule has 9 heteroatoms. The van der Waals surface area contributed by atoms with Gasteiger partial charge in [0, 0.05) is 27.7 Å². The maximum Gasteiger partial charge on any atom is 0.329 e. The normalized spacial score (nSPS) is 10.9. The number of rotatable bonds is 7. The van der Waals surface area contributed by atoms with Crippen molar-refractivity contribution in [2.24, 2.45) is 5.10 Å². The number of hydrazone groups is 1. The summed E-state index contributed by atoms with van der Waals surface area (Å²) in [5, 5.41) is 7.60. The first kappa shape index (κ1) is 26.0. The van der Waals surface area contributed by atoms with Crippen molar-refractivity contribution in [1.29, 1.82) is 0 Å². The maximum absolute atomic E-state index is 12.3. The van der Waals surface area contributed by atoms with Gasteiger partial charge >= 0.3 is 11.8 Å². The molecule has 0 atom stereocenters. The van der Waals surface area contributed by atoms with Crippen molar-refractivity contribution in [3.05, 3.63) is 111 Å². The minimum absolute atomic E-state index is 0.432. The molecule has 1 aromatic heterocycles. The van der Waals surface area contributed by atoms with Crippen LogP contribution in [0.3, 0.4) is 0 Å². The zero-order chi connectivity index (χ0) is 26.4. The molecule has 37 heavy (non-hydrogen) atoms. The van der Waals surface area contributed by atoms with Crippen LogP contribution in [0.5, 0.6) is 5.75 Å². The van der Waals surface area contributed by atoms with Gasteiger partial charge in [0.05, 0.1) is 16.9 Å². The molecule has 0 unspecified atom stereocenters. The Labute approximate surface area is 224 Å². The van der Waals surface area contributed by atoms with Gasteiger partial charge in [-0.3, -0.25) is 9.59 Å². The highest BCUT2D eigenvalue weighted by atomic mass is 35.5. The lowest BCUT2D eigenvalue weighted by molar-refractivity contribution is -0.136. The van der Waals surface area contributed by atoms with Crippen molar-refractivity contribution in [2.75, 3.05) is 5.32 Å². The van der Waals surface area contributed by atoms with Crippen LogP contribution in [0, 0.1) is 13.8 Å². The fourth-order valence-electron chi connectivity index (χ4n) is 3.72. The molecule has 0 aliphatic heterocycles. The number of carbonyl (C=O) groups is 2. The highest BCUT2D eigenvalue weighted by Gasteiger charge is 2.15. The van der Waals surface area contributed by atoms with Crippen molar-refractivity contribution in [3.8, 4) is 11.4 Å². The zero-order valence-electron chi connectivity index (χ0n) is 20.2. The number of aryl methyl sites for hydroxylation is 1. The van der Waals surface area contributed by atoms with Crippen LogP contribution >= 0.6 is 23.2 Å². The van der Waals surface area contributed by atoms with Gasteiger partial charge in [0.15, 0.2) is 0 Å². The Balaban J connectivity index is 1.33. The highest BCUT2D eigenvalue weighted by molar-refractivity contribution is 6.39. The second kappa shape index (κ2) is 11.8. The smallest absolute Gasteiger partial charge is 0.329 e. The van der Waals surface area contributed by atoms with Gasteiger partial charge in [0.25, 0.3) is 0 Å². The molecular formula is C28H24Cl2N4O3. The fraction of sp³-hybridized carbons (Fsp3) is 0.107. The Morgan fingerprint density at radius 2 is 1.68 bits per heavy atom. The SMILES string of the molecule is Cc1cc(/C=N\NC(=O)C(=O)Nc2ccc(OCc3ccccc3)cc2)c(C)n1-c1cc(Cl)ccc1Cl.